The maximum absolute atomic E-state index is 10.2. The Morgan fingerprint density at radius 3 is 2.40 bits per heavy atom. The smallest absolute Gasteiger partial charge is 0.241 e. The minimum absolute atomic E-state index is 0.396. The lowest BCUT2D eigenvalue weighted by molar-refractivity contribution is -0.113. The van der Waals surface area contributed by atoms with Gasteiger partial charge >= 0.3 is 0 Å². The summed E-state index contributed by atoms with van der Waals surface area (Å²) in [5.41, 5.74) is 6.02. The summed E-state index contributed by atoms with van der Waals surface area (Å²) in [4.78, 5) is 10.2. The van der Waals surface area contributed by atoms with E-state index in [0.717, 1.165) is 12.0 Å². The molecule has 0 rings (SSSR count). The van der Waals surface area contributed by atoms with Crippen molar-refractivity contribution < 1.29 is 4.79 Å². The van der Waals surface area contributed by atoms with Crippen molar-refractivity contribution >= 4 is 5.91 Å². The molecule has 0 aliphatic heterocycles. The van der Waals surface area contributed by atoms with Gasteiger partial charge in [-0.15, -0.1) is 0 Å². The van der Waals surface area contributed by atoms with Crippen molar-refractivity contribution in [3.8, 4) is 0 Å². The number of hydrogen-bond acceptors (Lipinski definition) is 1. The van der Waals surface area contributed by atoms with Gasteiger partial charge in [0, 0.05) is 6.08 Å². The normalized spacial score (nSPS) is 12.4. The van der Waals surface area contributed by atoms with Gasteiger partial charge in [-0.05, 0) is 13.3 Å². The lowest BCUT2D eigenvalue weighted by atomic mass is 10.2. The lowest BCUT2D eigenvalue weighted by Crippen LogP contribution is -2.05. The summed E-state index contributed by atoms with van der Waals surface area (Å²) in [5, 5.41) is 0. The Bertz CT molecular complexity index is 168. The molecule has 0 aromatic rings. The van der Waals surface area contributed by atoms with Gasteiger partial charge in [0.25, 0.3) is 0 Å². The van der Waals surface area contributed by atoms with Crippen LogP contribution in [-0.4, -0.2) is 5.91 Å². The molecule has 0 aromatic heterocycles. The van der Waals surface area contributed by atoms with Crippen LogP contribution < -0.4 is 5.73 Å². The van der Waals surface area contributed by atoms with E-state index in [4.69, 9.17) is 5.73 Å². The zero-order valence-electron chi connectivity index (χ0n) is 6.42. The molecular formula is C8H13NO. The minimum atomic E-state index is -0.396. The van der Waals surface area contributed by atoms with Gasteiger partial charge in [-0.3, -0.25) is 4.79 Å². The highest BCUT2D eigenvalue weighted by Crippen LogP contribution is 2.00. The van der Waals surface area contributed by atoms with Gasteiger partial charge in [-0.1, -0.05) is 24.6 Å². The molecule has 2 N–H and O–H groups in total. The molecule has 0 heterocycles. The summed E-state index contributed by atoms with van der Waals surface area (Å²) >= 11 is 0. The van der Waals surface area contributed by atoms with Crippen LogP contribution in [0, 0.1) is 0 Å². The van der Waals surface area contributed by atoms with Crippen molar-refractivity contribution in [3.63, 3.8) is 0 Å². The van der Waals surface area contributed by atoms with E-state index < -0.39 is 5.91 Å². The van der Waals surface area contributed by atoms with Crippen molar-refractivity contribution in [3.05, 3.63) is 23.8 Å². The molecule has 0 bridgehead atoms. The molecule has 0 saturated heterocycles. The first-order chi connectivity index (χ1) is 4.70. The second kappa shape index (κ2) is 4.79. The van der Waals surface area contributed by atoms with Gasteiger partial charge in [0.1, 0.15) is 0 Å². The quantitative estimate of drug-likeness (QED) is 0.466. The van der Waals surface area contributed by atoms with Crippen LogP contribution in [0.25, 0.3) is 0 Å². The Kier molecular flexibility index (Phi) is 4.29. The zero-order valence-corrected chi connectivity index (χ0v) is 6.42. The topological polar surface area (TPSA) is 43.1 Å². The average Bonchev–Trinajstić information content (AvgIpc) is 1.90. The number of amides is 1. The first-order valence-electron chi connectivity index (χ1n) is 3.33. The van der Waals surface area contributed by atoms with E-state index in [9.17, 15) is 4.79 Å². The SMILES string of the molecule is C/C=C(\C=C\C(N)=O)CC. The van der Waals surface area contributed by atoms with E-state index in [-0.39, 0.29) is 0 Å². The van der Waals surface area contributed by atoms with Gasteiger partial charge in [0.15, 0.2) is 0 Å². The number of carbonyl (C=O) groups excluding carboxylic acids is 1. The third-order valence-electron chi connectivity index (χ3n) is 1.24. The lowest BCUT2D eigenvalue weighted by Gasteiger charge is -1.91. The van der Waals surface area contributed by atoms with Crippen molar-refractivity contribution in [1.29, 1.82) is 0 Å². The van der Waals surface area contributed by atoms with Crippen molar-refractivity contribution in [1.82, 2.24) is 0 Å². The van der Waals surface area contributed by atoms with E-state index in [2.05, 4.69) is 0 Å². The second-order valence-corrected chi connectivity index (χ2v) is 1.95. The zero-order chi connectivity index (χ0) is 7.98. The van der Waals surface area contributed by atoms with Crippen LogP contribution in [-0.2, 0) is 4.79 Å². The van der Waals surface area contributed by atoms with Crippen LogP contribution in [0.15, 0.2) is 23.8 Å². The fraction of sp³-hybridized carbons (Fsp3) is 0.375. The Labute approximate surface area is 61.4 Å². The van der Waals surface area contributed by atoms with Gasteiger partial charge in [-0.25, -0.2) is 0 Å². The first-order valence-corrected chi connectivity index (χ1v) is 3.33. The molecule has 10 heavy (non-hydrogen) atoms. The average molecular weight is 139 g/mol. The Hall–Kier alpha value is -1.05. The number of rotatable bonds is 3. The Balaban J connectivity index is 3.98. The first kappa shape index (κ1) is 8.95. The maximum Gasteiger partial charge on any atom is 0.241 e. The standard InChI is InChI=1S/C8H13NO/c1-3-7(4-2)5-6-8(9)10/h3,5-6H,4H2,1-2H3,(H2,9,10)/b6-5+,7-3-. The summed E-state index contributed by atoms with van der Waals surface area (Å²) in [7, 11) is 0. The second-order valence-electron chi connectivity index (χ2n) is 1.95. The van der Waals surface area contributed by atoms with E-state index >= 15 is 0 Å². The fourth-order valence-electron chi connectivity index (χ4n) is 0.607. The summed E-state index contributed by atoms with van der Waals surface area (Å²) in [6.45, 7) is 3.96. The Morgan fingerprint density at radius 2 is 2.10 bits per heavy atom. The third kappa shape index (κ3) is 3.89. The van der Waals surface area contributed by atoms with Crippen molar-refractivity contribution in [2.45, 2.75) is 20.3 Å². The van der Waals surface area contributed by atoms with Crippen LogP contribution in [0.2, 0.25) is 0 Å². The summed E-state index contributed by atoms with van der Waals surface area (Å²) in [5.74, 6) is -0.396. The van der Waals surface area contributed by atoms with Crippen LogP contribution in [0.5, 0.6) is 0 Å². The summed E-state index contributed by atoms with van der Waals surface area (Å²) < 4.78 is 0. The van der Waals surface area contributed by atoms with E-state index in [1.165, 1.54) is 6.08 Å². The highest BCUT2D eigenvalue weighted by atomic mass is 16.1. The number of hydrogen-bond donors (Lipinski definition) is 1. The van der Waals surface area contributed by atoms with Gasteiger partial charge in [0.05, 0.1) is 0 Å². The number of carbonyl (C=O) groups is 1. The molecule has 0 atom stereocenters. The molecule has 0 radical (unpaired) electrons. The molecule has 0 saturated carbocycles. The van der Waals surface area contributed by atoms with Crippen LogP contribution in [0.4, 0.5) is 0 Å². The molecule has 0 aromatic carbocycles. The van der Waals surface area contributed by atoms with E-state index in [1.807, 2.05) is 19.9 Å². The predicted molar refractivity (Wildman–Crippen MR) is 42.4 cm³/mol. The van der Waals surface area contributed by atoms with E-state index in [0.29, 0.717) is 0 Å². The molecule has 0 aliphatic carbocycles. The fourth-order valence-corrected chi connectivity index (χ4v) is 0.607. The van der Waals surface area contributed by atoms with Crippen molar-refractivity contribution in [2.24, 2.45) is 5.73 Å². The molecule has 1 amide bonds. The molecule has 0 unspecified atom stereocenters. The molecule has 0 fully saturated rings. The maximum atomic E-state index is 10.2. The highest BCUT2D eigenvalue weighted by molar-refractivity contribution is 5.86. The van der Waals surface area contributed by atoms with Crippen LogP contribution >= 0.6 is 0 Å². The Morgan fingerprint density at radius 1 is 1.50 bits per heavy atom. The number of nitrogens with two attached hydrogens (primary N) is 1. The number of primary amides is 1. The monoisotopic (exact) mass is 139 g/mol. The minimum Gasteiger partial charge on any atom is -0.366 e. The van der Waals surface area contributed by atoms with Gasteiger partial charge < -0.3 is 5.73 Å². The van der Waals surface area contributed by atoms with Crippen LogP contribution in [0.1, 0.15) is 20.3 Å². The number of allylic oxidation sites excluding steroid dienone is 3. The predicted octanol–water partition coefficient (Wildman–Crippen LogP) is 1.38. The highest BCUT2D eigenvalue weighted by Gasteiger charge is 1.85. The summed E-state index contributed by atoms with van der Waals surface area (Å²) in [6, 6.07) is 0. The van der Waals surface area contributed by atoms with Crippen molar-refractivity contribution in [2.75, 3.05) is 0 Å². The molecular weight excluding hydrogens is 126 g/mol. The molecule has 2 nitrogen and oxygen atoms in total. The van der Waals surface area contributed by atoms with Crippen LogP contribution in [0.3, 0.4) is 0 Å². The van der Waals surface area contributed by atoms with E-state index in [1.54, 1.807) is 6.08 Å². The molecule has 56 valence electrons. The largest absolute Gasteiger partial charge is 0.366 e. The van der Waals surface area contributed by atoms with Gasteiger partial charge in [0.2, 0.25) is 5.91 Å². The molecule has 0 aliphatic rings. The van der Waals surface area contributed by atoms with Gasteiger partial charge in [-0.2, -0.15) is 0 Å². The molecule has 2 heteroatoms. The third-order valence-corrected chi connectivity index (χ3v) is 1.24. The summed E-state index contributed by atoms with van der Waals surface area (Å²) in [6.07, 6.45) is 6.00. The molecule has 0 spiro atoms.